The first kappa shape index (κ1) is 16.3. The summed E-state index contributed by atoms with van der Waals surface area (Å²) in [6, 6.07) is 6.90. The van der Waals surface area contributed by atoms with Crippen LogP contribution < -0.4 is 10.6 Å². The first-order valence-electron chi connectivity index (χ1n) is 6.96. The molecule has 0 fully saturated rings. The van der Waals surface area contributed by atoms with Crippen LogP contribution in [0.3, 0.4) is 0 Å². The minimum absolute atomic E-state index is 0.105. The molecule has 0 spiro atoms. The van der Waals surface area contributed by atoms with Crippen LogP contribution in [0.4, 0.5) is 0 Å². The molecule has 2 heterocycles. The topological polar surface area (TPSA) is 91.6 Å². The normalized spacial score (nSPS) is 11.9. The first-order chi connectivity index (χ1) is 10.7. The molecule has 0 aromatic carbocycles. The van der Waals surface area contributed by atoms with Crippen LogP contribution >= 0.6 is 11.3 Å². The summed E-state index contributed by atoms with van der Waals surface area (Å²) in [5.41, 5.74) is 0. The number of amides is 2. The summed E-state index contributed by atoms with van der Waals surface area (Å²) in [5, 5.41) is 17.0. The monoisotopic (exact) mass is 322 g/mol. The Hall–Kier alpha value is -2.12. The maximum Gasteiger partial charge on any atom is 0.261 e. The zero-order valence-corrected chi connectivity index (χ0v) is 12.8. The molecule has 6 nitrogen and oxygen atoms in total. The van der Waals surface area contributed by atoms with E-state index in [9.17, 15) is 14.7 Å². The van der Waals surface area contributed by atoms with Crippen LogP contribution in [-0.2, 0) is 4.79 Å². The number of carbonyl (C=O) groups is 2. The summed E-state index contributed by atoms with van der Waals surface area (Å²) in [6.45, 7) is 0.540. The largest absolute Gasteiger partial charge is 0.467 e. The van der Waals surface area contributed by atoms with Gasteiger partial charge in [-0.3, -0.25) is 9.59 Å². The van der Waals surface area contributed by atoms with Crippen molar-refractivity contribution in [2.24, 2.45) is 0 Å². The molecule has 7 heteroatoms. The number of furan rings is 1. The molecular formula is C15H18N2O4S. The number of carbonyl (C=O) groups excluding carboxylic acids is 2. The van der Waals surface area contributed by atoms with E-state index in [-0.39, 0.29) is 24.8 Å². The lowest BCUT2D eigenvalue weighted by atomic mass is 10.2. The van der Waals surface area contributed by atoms with E-state index in [1.54, 1.807) is 18.2 Å². The maximum atomic E-state index is 11.7. The van der Waals surface area contributed by atoms with E-state index in [1.807, 2.05) is 11.4 Å². The Morgan fingerprint density at radius 2 is 2.14 bits per heavy atom. The van der Waals surface area contributed by atoms with Crippen molar-refractivity contribution in [3.05, 3.63) is 46.5 Å². The molecule has 2 amide bonds. The van der Waals surface area contributed by atoms with Gasteiger partial charge in [0.05, 0.1) is 17.7 Å². The average Bonchev–Trinajstić information content (AvgIpc) is 3.21. The van der Waals surface area contributed by atoms with E-state index in [4.69, 9.17) is 4.42 Å². The van der Waals surface area contributed by atoms with Gasteiger partial charge in [-0.2, -0.15) is 0 Å². The summed E-state index contributed by atoms with van der Waals surface area (Å²) in [4.78, 5) is 23.9. The number of thiophene rings is 1. The molecule has 0 bridgehead atoms. The lowest BCUT2D eigenvalue weighted by molar-refractivity contribution is -0.121. The lowest BCUT2D eigenvalue weighted by Gasteiger charge is -2.09. The van der Waals surface area contributed by atoms with Crippen molar-refractivity contribution >= 4 is 23.2 Å². The Balaban J connectivity index is 1.57. The molecule has 0 aliphatic carbocycles. The first-order valence-corrected chi connectivity index (χ1v) is 7.84. The summed E-state index contributed by atoms with van der Waals surface area (Å²) in [6.07, 6.45) is 1.45. The van der Waals surface area contributed by atoms with Gasteiger partial charge >= 0.3 is 0 Å². The highest BCUT2D eigenvalue weighted by Gasteiger charge is 2.12. The fourth-order valence-corrected chi connectivity index (χ4v) is 2.47. The predicted octanol–water partition coefficient (Wildman–Crippen LogP) is 1.70. The van der Waals surface area contributed by atoms with Crippen molar-refractivity contribution in [1.29, 1.82) is 0 Å². The Morgan fingerprint density at radius 1 is 1.27 bits per heavy atom. The lowest BCUT2D eigenvalue weighted by Crippen LogP contribution is -2.29. The smallest absolute Gasteiger partial charge is 0.261 e. The Kier molecular flexibility index (Phi) is 6.17. The second-order valence-corrected chi connectivity index (χ2v) is 5.62. The van der Waals surface area contributed by atoms with Crippen molar-refractivity contribution in [3.63, 3.8) is 0 Å². The molecule has 118 valence electrons. The number of rotatable bonds is 8. The number of nitrogens with one attached hydrogen (secondary N) is 2. The van der Waals surface area contributed by atoms with E-state index in [2.05, 4.69) is 10.6 Å². The van der Waals surface area contributed by atoms with Gasteiger partial charge in [-0.15, -0.1) is 11.3 Å². The molecule has 1 atom stereocenters. The summed E-state index contributed by atoms with van der Waals surface area (Å²) < 4.78 is 5.04. The Morgan fingerprint density at radius 3 is 2.82 bits per heavy atom. The highest BCUT2D eigenvalue weighted by molar-refractivity contribution is 7.12. The van der Waals surface area contributed by atoms with Crippen LogP contribution in [0, 0.1) is 0 Å². The van der Waals surface area contributed by atoms with Crippen molar-refractivity contribution in [3.8, 4) is 0 Å². The molecule has 2 rings (SSSR count). The van der Waals surface area contributed by atoms with Gasteiger partial charge in [0.2, 0.25) is 5.91 Å². The predicted molar refractivity (Wildman–Crippen MR) is 82.6 cm³/mol. The molecular weight excluding hydrogens is 304 g/mol. The number of hydrogen-bond acceptors (Lipinski definition) is 5. The summed E-state index contributed by atoms with van der Waals surface area (Å²) >= 11 is 1.38. The van der Waals surface area contributed by atoms with Gasteiger partial charge in [0.1, 0.15) is 11.9 Å². The molecule has 0 saturated heterocycles. The molecule has 0 saturated carbocycles. The van der Waals surface area contributed by atoms with Crippen molar-refractivity contribution < 1.29 is 19.1 Å². The quantitative estimate of drug-likeness (QED) is 0.645. The second kappa shape index (κ2) is 8.35. The zero-order valence-electron chi connectivity index (χ0n) is 12.0. The van der Waals surface area contributed by atoms with Crippen LogP contribution in [0.1, 0.15) is 34.4 Å². The third-order valence-electron chi connectivity index (χ3n) is 2.98. The van der Waals surface area contributed by atoms with Crippen LogP contribution in [0.15, 0.2) is 40.3 Å². The van der Waals surface area contributed by atoms with Crippen LogP contribution in [0.25, 0.3) is 0 Å². The molecule has 2 aromatic heterocycles. The van der Waals surface area contributed by atoms with Crippen molar-refractivity contribution in [2.45, 2.75) is 18.9 Å². The number of aliphatic hydroxyl groups is 1. The van der Waals surface area contributed by atoms with Crippen LogP contribution in [-0.4, -0.2) is 30.0 Å². The summed E-state index contributed by atoms with van der Waals surface area (Å²) in [7, 11) is 0. The molecule has 3 N–H and O–H groups in total. The molecule has 2 aromatic rings. The maximum absolute atomic E-state index is 11.7. The fraction of sp³-hybridized carbons (Fsp3) is 0.333. The van der Waals surface area contributed by atoms with E-state index < -0.39 is 6.10 Å². The Labute approximate surface area is 132 Å². The molecule has 0 radical (unpaired) electrons. The van der Waals surface area contributed by atoms with Gasteiger partial charge < -0.3 is 20.2 Å². The highest BCUT2D eigenvalue weighted by Crippen LogP contribution is 2.11. The van der Waals surface area contributed by atoms with E-state index in [1.165, 1.54) is 17.6 Å². The molecule has 0 aliphatic rings. The van der Waals surface area contributed by atoms with Gasteiger partial charge in [0, 0.05) is 13.0 Å². The molecule has 0 aliphatic heterocycles. The second-order valence-electron chi connectivity index (χ2n) is 4.67. The SMILES string of the molecule is O=C(CCCNC(=O)c1cccs1)NCC(O)c1ccco1. The average molecular weight is 322 g/mol. The van der Waals surface area contributed by atoms with Crippen molar-refractivity contribution in [1.82, 2.24) is 10.6 Å². The van der Waals surface area contributed by atoms with Gasteiger partial charge in [-0.05, 0) is 30.0 Å². The minimum Gasteiger partial charge on any atom is -0.467 e. The fourth-order valence-electron chi connectivity index (χ4n) is 1.83. The van der Waals surface area contributed by atoms with Gasteiger partial charge in [0.25, 0.3) is 5.91 Å². The van der Waals surface area contributed by atoms with Crippen molar-refractivity contribution in [2.75, 3.05) is 13.1 Å². The van der Waals surface area contributed by atoms with E-state index >= 15 is 0 Å². The number of hydrogen-bond donors (Lipinski definition) is 3. The van der Waals surface area contributed by atoms with Crippen LogP contribution in [0.5, 0.6) is 0 Å². The third-order valence-corrected chi connectivity index (χ3v) is 3.84. The van der Waals surface area contributed by atoms with Crippen LogP contribution in [0.2, 0.25) is 0 Å². The Bertz CT molecular complexity index is 581. The minimum atomic E-state index is -0.850. The van der Waals surface area contributed by atoms with Gasteiger partial charge in [-0.1, -0.05) is 6.07 Å². The van der Waals surface area contributed by atoms with E-state index in [0.29, 0.717) is 23.6 Å². The van der Waals surface area contributed by atoms with Gasteiger partial charge in [0.15, 0.2) is 0 Å². The van der Waals surface area contributed by atoms with E-state index in [0.717, 1.165) is 0 Å². The highest BCUT2D eigenvalue weighted by atomic mass is 32.1. The third kappa shape index (κ3) is 5.01. The molecule has 1 unspecified atom stereocenters. The zero-order chi connectivity index (χ0) is 15.8. The summed E-state index contributed by atoms with van der Waals surface area (Å²) in [5.74, 6) is 0.128. The standard InChI is InChI=1S/C15H18N2O4S/c18-11(12-4-2-8-21-12)10-17-14(19)6-1-7-16-15(20)13-5-3-9-22-13/h2-5,8-9,11,18H,1,6-7,10H2,(H,16,20)(H,17,19). The molecule has 22 heavy (non-hydrogen) atoms. The van der Waals surface area contributed by atoms with Gasteiger partial charge in [-0.25, -0.2) is 0 Å². The number of aliphatic hydroxyl groups excluding tert-OH is 1.